The summed E-state index contributed by atoms with van der Waals surface area (Å²) in [5.74, 6) is 0.199. The van der Waals surface area contributed by atoms with Gasteiger partial charge in [-0.25, -0.2) is 8.42 Å². The van der Waals surface area contributed by atoms with Crippen LogP contribution in [0.5, 0.6) is 0 Å². The first-order valence-corrected chi connectivity index (χ1v) is 11.2. The second kappa shape index (κ2) is 9.01. The normalized spacial score (nSPS) is 19.8. The Bertz CT molecular complexity index is 747. The summed E-state index contributed by atoms with van der Waals surface area (Å²) in [5, 5.41) is 0. The number of benzene rings is 1. The van der Waals surface area contributed by atoms with Crippen LogP contribution in [0.1, 0.15) is 58.4 Å². The molecule has 0 amide bonds. The van der Waals surface area contributed by atoms with Crippen molar-refractivity contribution in [2.75, 3.05) is 6.54 Å². The third-order valence-electron chi connectivity index (χ3n) is 5.40. The average molecular weight is 376 g/mol. The van der Waals surface area contributed by atoms with Crippen molar-refractivity contribution in [2.45, 2.75) is 70.7 Å². The Hall–Kier alpha value is -1.39. The number of unbranched alkanes of at least 4 members (excludes halogenated alkanes) is 3. The van der Waals surface area contributed by atoms with Crippen LogP contribution < -0.4 is 0 Å². The van der Waals surface area contributed by atoms with Crippen LogP contribution in [0.4, 0.5) is 0 Å². The molecule has 0 aliphatic carbocycles. The van der Waals surface area contributed by atoms with E-state index in [1.807, 2.05) is 25.1 Å². The molecule has 0 bridgehead atoms. The zero-order valence-electron chi connectivity index (χ0n) is 16.7. The molecule has 0 aromatic heterocycles. The van der Waals surface area contributed by atoms with E-state index in [1.54, 1.807) is 16.4 Å². The highest BCUT2D eigenvalue weighted by Gasteiger charge is 2.39. The number of allylic oxidation sites excluding steroid dienone is 1. The highest BCUT2D eigenvalue weighted by atomic mass is 32.2. The third kappa shape index (κ3) is 4.47. The van der Waals surface area contributed by atoms with E-state index in [-0.39, 0.29) is 12.0 Å². The molecule has 0 fully saturated rings. The Morgan fingerprint density at radius 2 is 1.85 bits per heavy atom. The number of hydrogen-bond donors (Lipinski definition) is 0. The molecule has 144 valence electrons. The molecular weight excluding hydrogens is 342 g/mol. The van der Waals surface area contributed by atoms with E-state index in [1.165, 1.54) is 24.0 Å². The number of aryl methyl sites for hydroxylation is 1. The molecule has 1 aromatic rings. The zero-order chi connectivity index (χ0) is 19.3. The average Bonchev–Trinajstić information content (AvgIpc) is 2.95. The summed E-state index contributed by atoms with van der Waals surface area (Å²) in [6, 6.07) is 7.14. The molecule has 1 aliphatic heterocycles. The lowest BCUT2D eigenvalue weighted by molar-refractivity contribution is 0.364. The topological polar surface area (TPSA) is 37.4 Å². The van der Waals surface area contributed by atoms with Crippen LogP contribution in [0.2, 0.25) is 0 Å². The minimum Gasteiger partial charge on any atom is -0.207 e. The molecule has 0 radical (unpaired) electrons. The zero-order valence-corrected chi connectivity index (χ0v) is 17.5. The van der Waals surface area contributed by atoms with Gasteiger partial charge in [-0.2, -0.15) is 4.31 Å². The van der Waals surface area contributed by atoms with Crippen molar-refractivity contribution in [3.63, 3.8) is 0 Å². The van der Waals surface area contributed by atoms with Crippen LogP contribution in [-0.2, 0) is 10.0 Å². The molecule has 1 heterocycles. The second-order valence-corrected chi connectivity index (χ2v) is 9.38. The van der Waals surface area contributed by atoms with Crippen molar-refractivity contribution in [3.8, 4) is 0 Å². The van der Waals surface area contributed by atoms with Gasteiger partial charge >= 0.3 is 0 Å². The van der Waals surface area contributed by atoms with Crippen molar-refractivity contribution in [1.29, 1.82) is 0 Å². The monoisotopic (exact) mass is 375 g/mol. The van der Waals surface area contributed by atoms with E-state index in [4.69, 9.17) is 0 Å². The van der Waals surface area contributed by atoms with Crippen LogP contribution in [0.3, 0.4) is 0 Å². The molecule has 0 spiro atoms. The van der Waals surface area contributed by atoms with E-state index in [9.17, 15) is 8.42 Å². The fourth-order valence-corrected chi connectivity index (χ4v) is 5.52. The second-order valence-electron chi connectivity index (χ2n) is 7.49. The standard InChI is InChI=1S/C22H33NO2S/c1-6-8-9-10-11-21-22(18(4)7-2)19(5)16-23(21)26(24,25)20-14-12-17(3)13-15-20/h7,12-15,18,21H,2,6,8-11,16H2,1,3-5H3. The van der Waals surface area contributed by atoms with Gasteiger partial charge in [0.25, 0.3) is 0 Å². The summed E-state index contributed by atoms with van der Waals surface area (Å²) in [5.41, 5.74) is 3.48. The van der Waals surface area contributed by atoms with Crippen molar-refractivity contribution < 1.29 is 8.42 Å². The smallest absolute Gasteiger partial charge is 0.207 e. The van der Waals surface area contributed by atoms with Crippen molar-refractivity contribution >= 4 is 10.0 Å². The fourth-order valence-electron chi connectivity index (χ4n) is 3.86. The molecule has 4 heteroatoms. The van der Waals surface area contributed by atoms with Crippen LogP contribution in [-0.4, -0.2) is 25.3 Å². The van der Waals surface area contributed by atoms with E-state index >= 15 is 0 Å². The first-order valence-electron chi connectivity index (χ1n) is 9.73. The molecule has 0 saturated heterocycles. The minimum absolute atomic E-state index is 0.0499. The van der Waals surface area contributed by atoms with E-state index in [2.05, 4.69) is 27.4 Å². The number of sulfonamides is 1. The van der Waals surface area contributed by atoms with E-state index < -0.39 is 10.0 Å². The van der Waals surface area contributed by atoms with Crippen LogP contribution >= 0.6 is 0 Å². The van der Waals surface area contributed by atoms with Gasteiger partial charge in [-0.3, -0.25) is 0 Å². The SMILES string of the molecule is C=CC(C)C1=C(C)CN(S(=O)(=O)c2ccc(C)cc2)C1CCCCCC. The van der Waals surface area contributed by atoms with Gasteiger partial charge < -0.3 is 0 Å². The molecule has 3 nitrogen and oxygen atoms in total. The molecule has 1 aromatic carbocycles. The summed E-state index contributed by atoms with van der Waals surface area (Å²) in [7, 11) is -3.50. The van der Waals surface area contributed by atoms with Crippen molar-refractivity contribution in [1.82, 2.24) is 4.31 Å². The summed E-state index contributed by atoms with van der Waals surface area (Å²) < 4.78 is 28.4. The molecule has 0 N–H and O–H groups in total. The number of nitrogens with zero attached hydrogens (tertiary/aromatic N) is 1. The summed E-state index contributed by atoms with van der Waals surface area (Å²) in [6.07, 6.45) is 7.41. The summed E-state index contributed by atoms with van der Waals surface area (Å²) in [4.78, 5) is 0.391. The van der Waals surface area contributed by atoms with Crippen LogP contribution in [0, 0.1) is 12.8 Å². The molecule has 1 aliphatic rings. The number of hydrogen-bond acceptors (Lipinski definition) is 2. The Kier molecular flexibility index (Phi) is 7.24. The van der Waals surface area contributed by atoms with Crippen molar-refractivity contribution in [2.24, 2.45) is 5.92 Å². The molecule has 0 saturated carbocycles. The highest BCUT2D eigenvalue weighted by Crippen LogP contribution is 2.37. The first kappa shape index (κ1) is 20.9. The predicted molar refractivity (Wildman–Crippen MR) is 110 cm³/mol. The van der Waals surface area contributed by atoms with Crippen molar-refractivity contribution in [3.05, 3.63) is 53.6 Å². The quantitative estimate of drug-likeness (QED) is 0.423. The van der Waals surface area contributed by atoms with Gasteiger partial charge in [0.2, 0.25) is 10.0 Å². The van der Waals surface area contributed by atoms with Gasteiger partial charge in [0.1, 0.15) is 0 Å². The molecule has 2 atom stereocenters. The highest BCUT2D eigenvalue weighted by molar-refractivity contribution is 7.89. The summed E-state index contributed by atoms with van der Waals surface area (Å²) in [6.45, 7) is 12.8. The Morgan fingerprint density at radius 1 is 1.19 bits per heavy atom. The van der Waals surface area contributed by atoms with Crippen LogP contribution in [0.15, 0.2) is 53.0 Å². The van der Waals surface area contributed by atoms with E-state index in [0.29, 0.717) is 11.4 Å². The van der Waals surface area contributed by atoms with Gasteiger partial charge in [0.15, 0.2) is 0 Å². The van der Waals surface area contributed by atoms with Gasteiger partial charge in [0.05, 0.1) is 4.90 Å². The third-order valence-corrected chi connectivity index (χ3v) is 7.26. The largest absolute Gasteiger partial charge is 0.243 e. The maximum absolute atomic E-state index is 13.3. The van der Waals surface area contributed by atoms with Crippen LogP contribution in [0.25, 0.3) is 0 Å². The molecular formula is C22H33NO2S. The van der Waals surface area contributed by atoms with Gasteiger partial charge in [-0.05, 0) is 43.9 Å². The van der Waals surface area contributed by atoms with E-state index in [0.717, 1.165) is 24.8 Å². The lowest BCUT2D eigenvalue weighted by Gasteiger charge is -2.28. The van der Waals surface area contributed by atoms with Gasteiger partial charge in [0, 0.05) is 12.6 Å². The minimum atomic E-state index is -3.50. The predicted octanol–water partition coefficient (Wildman–Crippen LogP) is 5.48. The first-order chi connectivity index (χ1) is 12.3. The maximum Gasteiger partial charge on any atom is 0.243 e. The maximum atomic E-state index is 13.3. The lowest BCUT2D eigenvalue weighted by Crippen LogP contribution is -2.38. The Morgan fingerprint density at radius 3 is 2.42 bits per heavy atom. The lowest BCUT2D eigenvalue weighted by atomic mass is 9.90. The molecule has 2 rings (SSSR count). The van der Waals surface area contributed by atoms with Gasteiger partial charge in [-0.1, -0.05) is 68.9 Å². The van der Waals surface area contributed by atoms with Gasteiger partial charge in [-0.15, -0.1) is 6.58 Å². The Balaban J connectivity index is 2.33. The molecule has 26 heavy (non-hydrogen) atoms. The molecule has 2 unspecified atom stereocenters. The Labute approximate surface area is 159 Å². The number of rotatable bonds is 9. The fraction of sp³-hybridized carbons (Fsp3) is 0.545. The summed E-state index contributed by atoms with van der Waals surface area (Å²) >= 11 is 0.